The van der Waals surface area contributed by atoms with Crippen LogP contribution in [-0.2, 0) is 14.3 Å². The molecule has 0 bridgehead atoms. The van der Waals surface area contributed by atoms with Crippen LogP contribution in [0, 0.1) is 0 Å². The highest BCUT2D eigenvalue weighted by atomic mass is 35.5. The second-order valence-electron chi connectivity index (χ2n) is 10.6. The topological polar surface area (TPSA) is 103 Å². The third kappa shape index (κ3) is 7.98. The summed E-state index contributed by atoms with van der Waals surface area (Å²) in [6.45, 7) is 10.5. The zero-order chi connectivity index (χ0) is 32.7. The van der Waals surface area contributed by atoms with Gasteiger partial charge in [0.05, 0.1) is 43.6 Å². The van der Waals surface area contributed by atoms with Crippen molar-refractivity contribution in [3.05, 3.63) is 58.1 Å². The SMILES string of the molecule is CCOC(=O)C1(NC(=O)N(CCO[C@@H](C)c2ccccc2)[C@H](C)c2cc(OCC)c(C(C)=O)c(OCC)c2Cl)CC(F)(F)C1. The molecule has 1 aliphatic rings. The lowest BCUT2D eigenvalue weighted by atomic mass is 9.73. The summed E-state index contributed by atoms with van der Waals surface area (Å²) in [5.74, 6) is -4.04. The van der Waals surface area contributed by atoms with Gasteiger partial charge >= 0.3 is 12.0 Å². The van der Waals surface area contributed by atoms with E-state index in [0.29, 0.717) is 5.56 Å². The molecule has 9 nitrogen and oxygen atoms in total. The zero-order valence-electron chi connectivity index (χ0n) is 26.0. The Labute approximate surface area is 262 Å². The number of benzene rings is 2. The summed E-state index contributed by atoms with van der Waals surface area (Å²) in [6.07, 6.45) is -2.07. The fourth-order valence-corrected chi connectivity index (χ4v) is 5.63. The molecule has 1 saturated carbocycles. The number of urea groups is 1. The van der Waals surface area contributed by atoms with Gasteiger partial charge in [-0.3, -0.25) is 4.79 Å². The molecule has 2 aromatic carbocycles. The van der Waals surface area contributed by atoms with Crippen LogP contribution in [0.3, 0.4) is 0 Å². The van der Waals surface area contributed by atoms with E-state index in [1.807, 2.05) is 37.3 Å². The number of rotatable bonds is 15. The van der Waals surface area contributed by atoms with Gasteiger partial charge in [0, 0.05) is 24.9 Å². The van der Waals surface area contributed by atoms with Crippen molar-refractivity contribution in [2.75, 3.05) is 33.0 Å². The van der Waals surface area contributed by atoms with Gasteiger partial charge in [0.2, 0.25) is 0 Å². The molecule has 0 saturated heterocycles. The minimum atomic E-state index is -3.13. The van der Waals surface area contributed by atoms with E-state index in [1.54, 1.807) is 33.8 Å². The van der Waals surface area contributed by atoms with Crippen LogP contribution in [0.25, 0.3) is 0 Å². The molecular formula is C32H41ClF2N2O7. The molecule has 3 rings (SSSR count). The summed E-state index contributed by atoms with van der Waals surface area (Å²) in [5.41, 5.74) is -0.398. The predicted octanol–water partition coefficient (Wildman–Crippen LogP) is 6.92. The van der Waals surface area contributed by atoms with Crippen LogP contribution in [0.15, 0.2) is 36.4 Å². The van der Waals surface area contributed by atoms with Gasteiger partial charge in [-0.15, -0.1) is 0 Å². The quantitative estimate of drug-likeness (QED) is 0.167. The molecule has 1 fully saturated rings. The van der Waals surface area contributed by atoms with Crippen molar-refractivity contribution in [1.29, 1.82) is 0 Å². The Hall–Kier alpha value is -3.44. The van der Waals surface area contributed by atoms with E-state index in [9.17, 15) is 23.2 Å². The monoisotopic (exact) mass is 638 g/mol. The number of Topliss-reactive ketones (excluding diaryl/α,β-unsaturated/α-hetero) is 1. The molecule has 0 spiro atoms. The highest BCUT2D eigenvalue weighted by Crippen LogP contribution is 2.47. The number of amides is 2. The van der Waals surface area contributed by atoms with Crippen LogP contribution in [0.5, 0.6) is 11.5 Å². The van der Waals surface area contributed by atoms with Crippen LogP contribution in [-0.4, -0.2) is 67.1 Å². The third-order valence-electron chi connectivity index (χ3n) is 7.43. The normalized spacial score (nSPS) is 16.2. The van der Waals surface area contributed by atoms with E-state index >= 15 is 0 Å². The summed E-state index contributed by atoms with van der Waals surface area (Å²) in [6, 6.07) is 9.47. The standard InChI is InChI=1S/C32H41ClF2N2O7/c1-7-41-25-17-24(27(33)28(42-8-2)26(25)21(5)38)20(4)37(15-16-44-22(6)23-13-11-10-12-14-23)30(40)36-31(29(39)43-9-3)18-32(34,35)19-31/h10-14,17,20,22H,7-9,15-16,18-19H2,1-6H3,(H,36,40)/t20-,22+/m1/s1. The number of nitrogens with one attached hydrogen (secondary N) is 1. The van der Waals surface area contributed by atoms with E-state index < -0.39 is 42.3 Å². The lowest BCUT2D eigenvalue weighted by molar-refractivity contribution is -0.181. The average Bonchev–Trinajstić information content (AvgIpc) is 2.95. The highest BCUT2D eigenvalue weighted by Gasteiger charge is 2.63. The Morgan fingerprint density at radius 3 is 2.20 bits per heavy atom. The molecule has 2 aromatic rings. The minimum absolute atomic E-state index is 0.00179. The Balaban J connectivity index is 2.01. The molecule has 1 N–H and O–H groups in total. The number of ether oxygens (including phenoxy) is 4. The number of halogens is 3. The Kier molecular flexibility index (Phi) is 12.0. The predicted molar refractivity (Wildman–Crippen MR) is 162 cm³/mol. The Morgan fingerprint density at radius 2 is 1.66 bits per heavy atom. The summed E-state index contributed by atoms with van der Waals surface area (Å²) in [7, 11) is 0. The van der Waals surface area contributed by atoms with Gasteiger partial charge in [0.1, 0.15) is 11.3 Å². The molecule has 44 heavy (non-hydrogen) atoms. The van der Waals surface area contributed by atoms with E-state index in [1.165, 1.54) is 11.8 Å². The lowest BCUT2D eigenvalue weighted by Crippen LogP contribution is -2.68. The van der Waals surface area contributed by atoms with Crippen LogP contribution in [0.2, 0.25) is 5.02 Å². The van der Waals surface area contributed by atoms with Gasteiger partial charge in [-0.25, -0.2) is 18.4 Å². The smallest absolute Gasteiger partial charge is 0.332 e. The number of hydrogen-bond donors (Lipinski definition) is 1. The summed E-state index contributed by atoms with van der Waals surface area (Å²) >= 11 is 6.82. The third-order valence-corrected chi connectivity index (χ3v) is 7.82. The van der Waals surface area contributed by atoms with Crippen molar-refractivity contribution in [3.8, 4) is 11.5 Å². The van der Waals surface area contributed by atoms with Gasteiger partial charge < -0.3 is 29.2 Å². The maximum Gasteiger partial charge on any atom is 0.332 e. The Bertz CT molecular complexity index is 1320. The molecule has 0 aliphatic heterocycles. The van der Waals surface area contributed by atoms with Crippen molar-refractivity contribution >= 4 is 29.4 Å². The van der Waals surface area contributed by atoms with E-state index in [2.05, 4.69) is 5.32 Å². The fourth-order valence-electron chi connectivity index (χ4n) is 5.26. The van der Waals surface area contributed by atoms with E-state index in [0.717, 1.165) is 5.56 Å². The first-order valence-corrected chi connectivity index (χ1v) is 15.1. The zero-order valence-corrected chi connectivity index (χ0v) is 26.8. The number of esters is 1. The van der Waals surface area contributed by atoms with Crippen molar-refractivity contribution in [3.63, 3.8) is 0 Å². The van der Waals surface area contributed by atoms with Crippen molar-refractivity contribution in [1.82, 2.24) is 10.2 Å². The van der Waals surface area contributed by atoms with E-state index in [4.69, 9.17) is 30.5 Å². The molecule has 12 heteroatoms. The molecule has 242 valence electrons. The number of carbonyl (C=O) groups excluding carboxylic acids is 3. The first-order chi connectivity index (χ1) is 20.8. The summed E-state index contributed by atoms with van der Waals surface area (Å²) < 4.78 is 50.8. The van der Waals surface area contributed by atoms with Gasteiger partial charge in [0.15, 0.2) is 17.1 Å². The lowest BCUT2D eigenvalue weighted by Gasteiger charge is -2.46. The van der Waals surface area contributed by atoms with Crippen molar-refractivity contribution < 1.29 is 42.1 Å². The molecular weight excluding hydrogens is 598 g/mol. The van der Waals surface area contributed by atoms with Crippen LogP contribution < -0.4 is 14.8 Å². The number of nitrogens with zero attached hydrogens (tertiary/aromatic N) is 1. The second-order valence-corrected chi connectivity index (χ2v) is 11.0. The average molecular weight is 639 g/mol. The molecule has 0 unspecified atom stereocenters. The molecule has 0 aromatic heterocycles. The van der Waals surface area contributed by atoms with E-state index in [-0.39, 0.29) is 66.9 Å². The minimum Gasteiger partial charge on any atom is -0.493 e. The fraction of sp³-hybridized carbons (Fsp3) is 0.531. The molecule has 2 amide bonds. The first kappa shape index (κ1) is 35.0. The first-order valence-electron chi connectivity index (χ1n) is 14.7. The largest absolute Gasteiger partial charge is 0.493 e. The van der Waals surface area contributed by atoms with Crippen LogP contribution in [0.1, 0.15) is 88.0 Å². The maximum atomic E-state index is 14.1. The van der Waals surface area contributed by atoms with Gasteiger partial charge in [-0.05, 0) is 53.2 Å². The molecule has 2 atom stereocenters. The molecule has 1 aliphatic carbocycles. The maximum absolute atomic E-state index is 14.1. The summed E-state index contributed by atoms with van der Waals surface area (Å²) in [5, 5.41) is 2.63. The molecule has 0 heterocycles. The number of ketones is 1. The van der Waals surface area contributed by atoms with Gasteiger partial charge in [-0.2, -0.15) is 0 Å². The van der Waals surface area contributed by atoms with Crippen LogP contribution >= 0.6 is 11.6 Å². The molecule has 0 radical (unpaired) electrons. The number of alkyl halides is 2. The highest BCUT2D eigenvalue weighted by molar-refractivity contribution is 6.33. The van der Waals surface area contributed by atoms with Gasteiger partial charge in [0.25, 0.3) is 5.92 Å². The number of carbonyl (C=O) groups is 3. The van der Waals surface area contributed by atoms with Crippen molar-refractivity contribution in [2.45, 2.75) is 78.0 Å². The van der Waals surface area contributed by atoms with Crippen molar-refractivity contribution in [2.24, 2.45) is 0 Å². The second kappa shape index (κ2) is 15.0. The summed E-state index contributed by atoms with van der Waals surface area (Å²) in [4.78, 5) is 40.6. The van der Waals surface area contributed by atoms with Crippen LogP contribution in [0.4, 0.5) is 13.6 Å². The van der Waals surface area contributed by atoms with Gasteiger partial charge in [-0.1, -0.05) is 41.9 Å². The number of hydrogen-bond acceptors (Lipinski definition) is 7. The Morgan fingerprint density at radius 1 is 1.02 bits per heavy atom.